The molecule has 0 radical (unpaired) electrons. The minimum Gasteiger partial charge on any atom is -0.399 e. The van der Waals surface area contributed by atoms with Crippen LogP contribution < -0.4 is 5.73 Å². The van der Waals surface area contributed by atoms with Crippen LogP contribution in [0, 0.1) is 0 Å². The molecule has 0 fully saturated rings. The smallest absolute Gasteiger partial charge is 0.0313 e. The topological polar surface area (TPSA) is 38.9 Å². The van der Waals surface area contributed by atoms with Gasteiger partial charge in [0.15, 0.2) is 0 Å². The van der Waals surface area contributed by atoms with Gasteiger partial charge in [0.2, 0.25) is 0 Å². The van der Waals surface area contributed by atoms with E-state index in [9.17, 15) is 0 Å². The van der Waals surface area contributed by atoms with Crippen molar-refractivity contribution in [2.75, 3.05) is 5.73 Å². The van der Waals surface area contributed by atoms with E-state index >= 15 is 0 Å². The summed E-state index contributed by atoms with van der Waals surface area (Å²) in [4.78, 5) is 3.78. The highest BCUT2D eigenvalue weighted by Gasteiger charge is 1.75. The first-order chi connectivity index (χ1) is 12.0. The Hall–Kier alpha value is -2.09. The maximum absolute atomic E-state index is 5.36. The maximum atomic E-state index is 5.36. The molecule has 2 N–H and O–H groups in total. The molecule has 2 aromatic rings. The molecular formula is C23H42N2. The molecule has 2 rings (SSSR count). The van der Waals surface area contributed by atoms with Crippen LogP contribution in [0.4, 0.5) is 5.69 Å². The number of hydrogen-bond donors (Lipinski definition) is 1. The average molecular weight is 347 g/mol. The summed E-state index contributed by atoms with van der Waals surface area (Å²) in [6, 6.07) is 15.2. The fourth-order valence-corrected chi connectivity index (χ4v) is 0.766. The van der Waals surface area contributed by atoms with Gasteiger partial charge >= 0.3 is 0 Å². The summed E-state index contributed by atoms with van der Waals surface area (Å²) < 4.78 is 0. The number of anilines is 1. The van der Waals surface area contributed by atoms with E-state index in [0.717, 1.165) is 5.69 Å². The summed E-state index contributed by atoms with van der Waals surface area (Å²) in [6.45, 7) is 20.5. The van der Waals surface area contributed by atoms with E-state index in [0.29, 0.717) is 0 Å². The Morgan fingerprint density at radius 2 is 0.920 bits per heavy atom. The summed E-state index contributed by atoms with van der Waals surface area (Å²) in [5.41, 5.74) is 9.03. The van der Waals surface area contributed by atoms with Crippen LogP contribution in [0.15, 0.2) is 72.1 Å². The van der Waals surface area contributed by atoms with E-state index in [1.54, 1.807) is 12.4 Å². The van der Waals surface area contributed by atoms with E-state index in [1.165, 1.54) is 11.1 Å². The first-order valence-corrected chi connectivity index (χ1v) is 9.30. The lowest BCUT2D eigenvalue weighted by molar-refractivity contribution is 1.23. The monoisotopic (exact) mass is 346 g/mol. The zero-order valence-electron chi connectivity index (χ0n) is 18.3. The van der Waals surface area contributed by atoms with Crippen LogP contribution in [-0.2, 0) is 0 Å². The van der Waals surface area contributed by atoms with Gasteiger partial charge in [-0.1, -0.05) is 77.0 Å². The molecule has 0 aliphatic rings. The normalized spacial score (nSPS) is 6.96. The van der Waals surface area contributed by atoms with Gasteiger partial charge in [0.05, 0.1) is 0 Å². The number of nitrogens with zero attached hydrogens (tertiary/aromatic N) is 1. The second-order valence-electron chi connectivity index (χ2n) is 4.44. The lowest BCUT2D eigenvalue weighted by atomic mass is 10.2. The van der Waals surface area contributed by atoms with Crippen LogP contribution in [0.2, 0.25) is 0 Å². The largest absolute Gasteiger partial charge is 0.399 e. The molecule has 25 heavy (non-hydrogen) atoms. The van der Waals surface area contributed by atoms with Crippen molar-refractivity contribution in [2.45, 2.75) is 69.2 Å². The summed E-state index contributed by atoms with van der Waals surface area (Å²) in [5.74, 6) is 0. The molecule has 0 aliphatic heterocycles. The van der Waals surface area contributed by atoms with E-state index < -0.39 is 0 Å². The van der Waals surface area contributed by atoms with Crippen LogP contribution in [0.3, 0.4) is 0 Å². The molecule has 0 bridgehead atoms. The predicted octanol–water partition coefficient (Wildman–Crippen LogP) is 7.79. The molecule has 0 amide bonds. The number of nitrogen functional groups attached to an aromatic ring is 1. The van der Waals surface area contributed by atoms with Gasteiger partial charge in [-0.3, -0.25) is 4.98 Å². The van der Waals surface area contributed by atoms with E-state index in [2.05, 4.69) is 32.7 Å². The number of nitrogens with two attached hydrogens (primary N) is 1. The van der Waals surface area contributed by atoms with Gasteiger partial charge in [0, 0.05) is 18.1 Å². The molecule has 2 nitrogen and oxygen atoms in total. The molecule has 144 valence electrons. The molecule has 1 heterocycles. The lowest BCUT2D eigenvalue weighted by Gasteiger charge is -1.88. The standard InChI is InChI=1S/C6H7N.C6H12.C5H5N.3C2H6/c7-6-4-2-1-3-5-6;1-5(2)6(3)4;1-2-4-6-5-3-1;3*1-2/h1-5H,7H2;1-4H3;1-5H;3*1-2H3. The van der Waals surface area contributed by atoms with Crippen molar-refractivity contribution in [2.24, 2.45) is 0 Å². The van der Waals surface area contributed by atoms with Crippen molar-refractivity contribution >= 4 is 5.69 Å². The Morgan fingerprint density at radius 1 is 0.600 bits per heavy atom. The lowest BCUT2D eigenvalue weighted by Crippen LogP contribution is -1.79. The number of rotatable bonds is 0. The molecule has 1 aromatic heterocycles. The van der Waals surface area contributed by atoms with Crippen molar-refractivity contribution in [3.8, 4) is 0 Å². The summed E-state index contributed by atoms with van der Waals surface area (Å²) in [6.07, 6.45) is 3.50. The van der Waals surface area contributed by atoms with Crippen molar-refractivity contribution in [3.63, 3.8) is 0 Å². The second kappa shape index (κ2) is 29.9. The third-order valence-electron chi connectivity index (χ3n) is 2.37. The zero-order chi connectivity index (χ0) is 20.5. The molecule has 0 spiro atoms. The molecule has 0 saturated carbocycles. The number of benzene rings is 1. The summed E-state index contributed by atoms with van der Waals surface area (Å²) >= 11 is 0. The predicted molar refractivity (Wildman–Crippen MR) is 119 cm³/mol. The number of para-hydroxylation sites is 1. The molecule has 0 aliphatic carbocycles. The molecule has 0 atom stereocenters. The zero-order valence-corrected chi connectivity index (χ0v) is 18.3. The van der Waals surface area contributed by atoms with Gasteiger partial charge in [-0.15, -0.1) is 0 Å². The van der Waals surface area contributed by atoms with Gasteiger partial charge in [0.1, 0.15) is 0 Å². The number of aromatic nitrogens is 1. The first kappa shape index (κ1) is 30.8. The van der Waals surface area contributed by atoms with Gasteiger partial charge < -0.3 is 5.73 Å². The third-order valence-corrected chi connectivity index (χ3v) is 2.37. The summed E-state index contributed by atoms with van der Waals surface area (Å²) in [5, 5.41) is 0. The van der Waals surface area contributed by atoms with Crippen LogP contribution in [-0.4, -0.2) is 4.98 Å². The van der Waals surface area contributed by atoms with Crippen LogP contribution in [0.5, 0.6) is 0 Å². The van der Waals surface area contributed by atoms with Gasteiger partial charge in [-0.25, -0.2) is 0 Å². The quantitative estimate of drug-likeness (QED) is 0.390. The number of hydrogen-bond acceptors (Lipinski definition) is 2. The van der Waals surface area contributed by atoms with Crippen LogP contribution in [0.1, 0.15) is 69.2 Å². The van der Waals surface area contributed by atoms with Gasteiger partial charge in [-0.2, -0.15) is 0 Å². The Balaban J connectivity index is -0.000000115. The Kier molecular flexibility index (Phi) is 36.7. The van der Waals surface area contributed by atoms with Crippen LogP contribution >= 0.6 is 0 Å². The van der Waals surface area contributed by atoms with Gasteiger partial charge in [-0.05, 0) is 52.0 Å². The highest BCUT2D eigenvalue weighted by molar-refractivity contribution is 5.35. The molecule has 2 heteroatoms. The Labute approximate surface area is 158 Å². The van der Waals surface area contributed by atoms with Crippen molar-refractivity contribution < 1.29 is 0 Å². The van der Waals surface area contributed by atoms with Crippen molar-refractivity contribution in [1.29, 1.82) is 0 Å². The minimum absolute atomic E-state index is 0.822. The first-order valence-electron chi connectivity index (χ1n) is 9.30. The Morgan fingerprint density at radius 3 is 1.04 bits per heavy atom. The maximum Gasteiger partial charge on any atom is 0.0313 e. The molecular weight excluding hydrogens is 304 g/mol. The van der Waals surface area contributed by atoms with E-state index in [-0.39, 0.29) is 0 Å². The highest BCUT2D eigenvalue weighted by atomic mass is 14.6. The van der Waals surface area contributed by atoms with Gasteiger partial charge in [0.25, 0.3) is 0 Å². The third kappa shape index (κ3) is 34.3. The van der Waals surface area contributed by atoms with E-state index in [4.69, 9.17) is 5.73 Å². The molecule has 0 saturated heterocycles. The second-order valence-corrected chi connectivity index (χ2v) is 4.44. The highest BCUT2D eigenvalue weighted by Crippen LogP contribution is 1.97. The minimum atomic E-state index is 0.822. The average Bonchev–Trinajstić information content (AvgIpc) is 2.69. The molecule has 0 unspecified atom stereocenters. The number of pyridine rings is 1. The number of allylic oxidation sites excluding steroid dienone is 2. The SMILES string of the molecule is CC.CC.CC.CC(C)=C(C)C.Nc1ccccc1.c1ccncc1. The van der Waals surface area contributed by atoms with Crippen molar-refractivity contribution in [3.05, 3.63) is 72.1 Å². The summed E-state index contributed by atoms with van der Waals surface area (Å²) in [7, 11) is 0. The fourth-order valence-electron chi connectivity index (χ4n) is 0.766. The van der Waals surface area contributed by atoms with Crippen LogP contribution in [0.25, 0.3) is 0 Å². The Bertz CT molecular complexity index is 403. The molecule has 1 aromatic carbocycles. The van der Waals surface area contributed by atoms with Crippen molar-refractivity contribution in [1.82, 2.24) is 4.98 Å². The van der Waals surface area contributed by atoms with E-state index in [1.807, 2.05) is 90.1 Å². The fraction of sp³-hybridized carbons (Fsp3) is 0.435.